The number of carboxylic acids is 1. The Hall–Kier alpha value is -1.82. The van der Waals surface area contributed by atoms with Crippen molar-refractivity contribution in [1.29, 1.82) is 0 Å². The molecule has 2 atom stereocenters. The average molecular weight is 271 g/mol. The van der Waals surface area contributed by atoms with Gasteiger partial charge in [0, 0.05) is 11.6 Å². The van der Waals surface area contributed by atoms with Crippen molar-refractivity contribution in [2.75, 3.05) is 14.2 Å². The Kier molecular flexibility index (Phi) is 5.11. The van der Waals surface area contributed by atoms with E-state index in [9.17, 15) is 9.18 Å². The molecule has 0 aliphatic rings. The summed E-state index contributed by atoms with van der Waals surface area (Å²) in [6, 6.07) is 2.24. The summed E-state index contributed by atoms with van der Waals surface area (Å²) >= 11 is 0. The molecule has 0 heterocycles. The van der Waals surface area contributed by atoms with Gasteiger partial charge in [-0.15, -0.1) is 0 Å². The van der Waals surface area contributed by atoms with E-state index in [-0.39, 0.29) is 6.42 Å². The van der Waals surface area contributed by atoms with Gasteiger partial charge in [0.2, 0.25) is 0 Å². The normalized spacial score (nSPS) is 13.7. The number of carbonyl (C=O) groups is 1. The topological polar surface area (TPSA) is 81.8 Å². The lowest BCUT2D eigenvalue weighted by molar-refractivity contribution is -0.137. The van der Waals surface area contributed by atoms with Crippen molar-refractivity contribution in [2.45, 2.75) is 25.6 Å². The van der Waals surface area contributed by atoms with Gasteiger partial charge in [-0.3, -0.25) is 4.79 Å². The van der Waals surface area contributed by atoms with E-state index in [0.29, 0.717) is 22.6 Å². The second kappa shape index (κ2) is 6.38. The molecule has 3 N–H and O–H groups in total. The zero-order valence-electron chi connectivity index (χ0n) is 11.1. The van der Waals surface area contributed by atoms with Gasteiger partial charge in [0.1, 0.15) is 6.17 Å². The number of methoxy groups -OCH3 is 2. The van der Waals surface area contributed by atoms with Gasteiger partial charge in [-0.05, 0) is 24.6 Å². The predicted octanol–water partition coefficient (Wildman–Crippen LogP) is 2.21. The number of ether oxygens (including phenoxy) is 2. The molecule has 106 valence electrons. The Bertz CT molecular complexity index is 462. The molecule has 1 aromatic rings. The molecule has 2 unspecified atom stereocenters. The first kappa shape index (κ1) is 15.2. The molecule has 0 bridgehead atoms. The van der Waals surface area contributed by atoms with Crippen LogP contribution in [0.2, 0.25) is 0 Å². The Balaban J connectivity index is 3.32. The van der Waals surface area contributed by atoms with Crippen LogP contribution in [0, 0.1) is 0 Å². The van der Waals surface area contributed by atoms with E-state index >= 15 is 0 Å². The van der Waals surface area contributed by atoms with Gasteiger partial charge in [0.25, 0.3) is 0 Å². The maximum Gasteiger partial charge on any atom is 0.305 e. The maximum absolute atomic E-state index is 13.4. The molecule has 1 aromatic carbocycles. The highest BCUT2D eigenvalue weighted by Crippen LogP contribution is 2.38. The molecule has 0 saturated carbocycles. The van der Waals surface area contributed by atoms with Crippen molar-refractivity contribution in [3.05, 3.63) is 23.3 Å². The number of benzene rings is 1. The smallest absolute Gasteiger partial charge is 0.305 e. The van der Waals surface area contributed by atoms with Gasteiger partial charge < -0.3 is 20.3 Å². The Labute approximate surface area is 111 Å². The summed E-state index contributed by atoms with van der Waals surface area (Å²) in [6.07, 6.45) is -1.49. The molecular weight excluding hydrogens is 253 g/mol. The number of rotatable bonds is 6. The molecule has 0 aliphatic carbocycles. The van der Waals surface area contributed by atoms with Crippen LogP contribution in [-0.2, 0) is 4.79 Å². The fraction of sp³-hybridized carbons (Fsp3) is 0.462. The van der Waals surface area contributed by atoms with Crippen LogP contribution in [0.25, 0.3) is 0 Å². The van der Waals surface area contributed by atoms with Gasteiger partial charge in [0.15, 0.2) is 11.5 Å². The summed E-state index contributed by atoms with van der Waals surface area (Å²) in [6.45, 7) is 1.38. The average Bonchev–Trinajstić information content (AvgIpc) is 2.35. The molecular formula is C13H18FNO4. The summed E-state index contributed by atoms with van der Waals surface area (Å²) in [5, 5.41) is 8.79. The molecule has 5 nitrogen and oxygen atoms in total. The maximum atomic E-state index is 13.4. The molecule has 0 amide bonds. The first-order chi connectivity index (χ1) is 8.90. The van der Waals surface area contributed by atoms with E-state index in [2.05, 4.69) is 0 Å². The highest BCUT2D eigenvalue weighted by molar-refractivity contribution is 5.68. The van der Waals surface area contributed by atoms with Gasteiger partial charge in [-0.1, -0.05) is 0 Å². The Morgan fingerprint density at radius 1 is 1.42 bits per heavy atom. The van der Waals surface area contributed by atoms with Crippen molar-refractivity contribution < 1.29 is 23.8 Å². The molecule has 1 rings (SSSR count). The van der Waals surface area contributed by atoms with E-state index < -0.39 is 18.2 Å². The van der Waals surface area contributed by atoms with Crippen LogP contribution in [0.3, 0.4) is 0 Å². The van der Waals surface area contributed by atoms with E-state index in [1.54, 1.807) is 0 Å². The molecule has 6 heteroatoms. The SMILES string of the molecule is COc1cc(C(C)F)cc(C(N)CC(=O)O)c1OC. The second-order valence-electron chi connectivity index (χ2n) is 4.17. The van der Waals surface area contributed by atoms with Crippen molar-refractivity contribution in [2.24, 2.45) is 5.73 Å². The summed E-state index contributed by atoms with van der Waals surface area (Å²) in [4.78, 5) is 10.7. The third kappa shape index (κ3) is 3.57. The minimum atomic E-state index is -1.21. The fourth-order valence-corrected chi connectivity index (χ4v) is 1.82. The number of aliphatic carboxylic acids is 1. The minimum absolute atomic E-state index is 0.274. The summed E-state index contributed by atoms with van der Waals surface area (Å²) < 4.78 is 23.8. The third-order valence-electron chi connectivity index (χ3n) is 2.78. The largest absolute Gasteiger partial charge is 0.493 e. The molecule has 0 spiro atoms. The first-order valence-electron chi connectivity index (χ1n) is 5.78. The highest BCUT2D eigenvalue weighted by atomic mass is 19.1. The molecule has 0 saturated heterocycles. The lowest BCUT2D eigenvalue weighted by Crippen LogP contribution is -2.16. The number of halogens is 1. The van der Waals surface area contributed by atoms with Gasteiger partial charge >= 0.3 is 5.97 Å². The van der Waals surface area contributed by atoms with Crippen LogP contribution >= 0.6 is 0 Å². The van der Waals surface area contributed by atoms with Crippen molar-refractivity contribution in [3.8, 4) is 11.5 Å². The summed E-state index contributed by atoms with van der Waals surface area (Å²) in [7, 11) is 2.85. The van der Waals surface area contributed by atoms with E-state index in [4.69, 9.17) is 20.3 Å². The lowest BCUT2D eigenvalue weighted by Gasteiger charge is -2.19. The zero-order chi connectivity index (χ0) is 14.6. The summed E-state index contributed by atoms with van der Waals surface area (Å²) in [5.41, 5.74) is 6.62. The monoisotopic (exact) mass is 271 g/mol. The molecule has 19 heavy (non-hydrogen) atoms. The third-order valence-corrected chi connectivity index (χ3v) is 2.78. The van der Waals surface area contributed by atoms with Gasteiger partial charge in [0.05, 0.1) is 20.6 Å². The molecule has 0 radical (unpaired) electrons. The zero-order valence-corrected chi connectivity index (χ0v) is 11.1. The highest BCUT2D eigenvalue weighted by Gasteiger charge is 2.21. The van der Waals surface area contributed by atoms with E-state index in [1.807, 2.05) is 0 Å². The molecule has 0 aromatic heterocycles. The summed E-state index contributed by atoms with van der Waals surface area (Å²) in [5.74, 6) is -0.367. The van der Waals surface area contributed by atoms with Crippen molar-refractivity contribution in [1.82, 2.24) is 0 Å². The number of nitrogens with two attached hydrogens (primary N) is 1. The van der Waals surface area contributed by atoms with Crippen LogP contribution in [-0.4, -0.2) is 25.3 Å². The Morgan fingerprint density at radius 3 is 2.47 bits per heavy atom. The standard InChI is InChI=1S/C13H18FNO4/c1-7(14)8-4-9(10(15)6-12(16)17)13(19-3)11(5-8)18-2/h4-5,7,10H,6,15H2,1-3H3,(H,16,17). The predicted molar refractivity (Wildman–Crippen MR) is 68.3 cm³/mol. The Morgan fingerprint density at radius 2 is 2.05 bits per heavy atom. The van der Waals surface area contributed by atoms with Gasteiger partial charge in [-0.25, -0.2) is 4.39 Å². The lowest BCUT2D eigenvalue weighted by atomic mass is 9.98. The molecule has 0 aliphatic heterocycles. The molecule has 0 fully saturated rings. The van der Waals surface area contributed by atoms with Crippen LogP contribution in [0.1, 0.15) is 36.7 Å². The quantitative estimate of drug-likeness (QED) is 0.829. The van der Waals surface area contributed by atoms with Crippen LogP contribution in [0.4, 0.5) is 4.39 Å². The van der Waals surface area contributed by atoms with Crippen LogP contribution in [0.5, 0.6) is 11.5 Å². The number of hydrogen-bond donors (Lipinski definition) is 2. The fourth-order valence-electron chi connectivity index (χ4n) is 1.82. The number of hydrogen-bond acceptors (Lipinski definition) is 4. The van der Waals surface area contributed by atoms with Crippen molar-refractivity contribution in [3.63, 3.8) is 0 Å². The van der Waals surface area contributed by atoms with Gasteiger partial charge in [-0.2, -0.15) is 0 Å². The first-order valence-corrected chi connectivity index (χ1v) is 5.78. The van der Waals surface area contributed by atoms with E-state index in [1.165, 1.54) is 33.3 Å². The second-order valence-corrected chi connectivity index (χ2v) is 4.17. The van der Waals surface area contributed by atoms with Crippen LogP contribution in [0.15, 0.2) is 12.1 Å². The number of alkyl halides is 1. The number of carboxylic acid groups (broad SMARTS) is 1. The van der Waals surface area contributed by atoms with Crippen molar-refractivity contribution >= 4 is 5.97 Å². The minimum Gasteiger partial charge on any atom is -0.493 e. The van der Waals surface area contributed by atoms with E-state index in [0.717, 1.165) is 0 Å². The van der Waals surface area contributed by atoms with Crippen LogP contribution < -0.4 is 15.2 Å².